The van der Waals surface area contributed by atoms with Gasteiger partial charge >= 0.3 is 0 Å². The summed E-state index contributed by atoms with van der Waals surface area (Å²) in [4.78, 5) is 28.1. The fourth-order valence-electron chi connectivity index (χ4n) is 4.29. The van der Waals surface area contributed by atoms with E-state index in [-0.39, 0.29) is 17.7 Å². The molecule has 6 heteroatoms. The van der Waals surface area contributed by atoms with E-state index in [1.165, 1.54) is 5.56 Å². The molecule has 0 bridgehead atoms. The quantitative estimate of drug-likeness (QED) is 0.751. The lowest BCUT2D eigenvalue weighted by Crippen LogP contribution is -2.59. The molecule has 1 aromatic carbocycles. The van der Waals surface area contributed by atoms with Crippen molar-refractivity contribution in [1.29, 1.82) is 0 Å². The number of piperidine rings is 2. The molecule has 1 aromatic rings. The SMILES string of the molecule is NC(=O)C1CCN(C[C@@]2(O)CCCN(CCCc3ccccc3)C2=O)CC1. The molecule has 0 aromatic heterocycles. The number of hydrogen-bond acceptors (Lipinski definition) is 4. The summed E-state index contributed by atoms with van der Waals surface area (Å²) < 4.78 is 0. The Bertz CT molecular complexity index is 643. The maximum Gasteiger partial charge on any atom is 0.255 e. The van der Waals surface area contributed by atoms with Crippen molar-refractivity contribution in [3.63, 3.8) is 0 Å². The zero-order valence-corrected chi connectivity index (χ0v) is 16.0. The first-order valence-corrected chi connectivity index (χ1v) is 10.1. The van der Waals surface area contributed by atoms with Crippen molar-refractivity contribution < 1.29 is 14.7 Å². The van der Waals surface area contributed by atoms with Gasteiger partial charge in [-0.15, -0.1) is 0 Å². The maximum atomic E-state index is 12.9. The van der Waals surface area contributed by atoms with Crippen LogP contribution in [0.3, 0.4) is 0 Å². The number of likely N-dealkylation sites (tertiary alicyclic amines) is 2. The fraction of sp³-hybridized carbons (Fsp3) is 0.619. The van der Waals surface area contributed by atoms with Crippen LogP contribution >= 0.6 is 0 Å². The van der Waals surface area contributed by atoms with Crippen molar-refractivity contribution >= 4 is 11.8 Å². The van der Waals surface area contributed by atoms with Gasteiger partial charge < -0.3 is 15.7 Å². The second kappa shape index (κ2) is 8.85. The number of carbonyl (C=O) groups is 2. The highest BCUT2D eigenvalue weighted by atomic mass is 16.3. The number of aliphatic hydroxyl groups is 1. The molecule has 2 fully saturated rings. The normalized spacial score (nSPS) is 24.9. The summed E-state index contributed by atoms with van der Waals surface area (Å²) in [5.41, 5.74) is 5.36. The Morgan fingerprint density at radius 2 is 1.89 bits per heavy atom. The van der Waals surface area contributed by atoms with Crippen molar-refractivity contribution in [1.82, 2.24) is 9.80 Å². The van der Waals surface area contributed by atoms with Crippen molar-refractivity contribution in [3.05, 3.63) is 35.9 Å². The number of hydrogen-bond donors (Lipinski definition) is 2. The Labute approximate surface area is 161 Å². The van der Waals surface area contributed by atoms with Gasteiger partial charge in [-0.1, -0.05) is 30.3 Å². The highest BCUT2D eigenvalue weighted by molar-refractivity contribution is 5.86. The lowest BCUT2D eigenvalue weighted by Gasteiger charge is -2.42. The fourth-order valence-corrected chi connectivity index (χ4v) is 4.29. The molecule has 2 heterocycles. The van der Waals surface area contributed by atoms with E-state index in [4.69, 9.17) is 5.73 Å². The van der Waals surface area contributed by atoms with E-state index in [0.29, 0.717) is 45.4 Å². The number of nitrogens with zero attached hydrogens (tertiary/aromatic N) is 2. The zero-order valence-electron chi connectivity index (χ0n) is 16.0. The van der Waals surface area contributed by atoms with Gasteiger partial charge in [0, 0.05) is 25.6 Å². The Balaban J connectivity index is 1.50. The summed E-state index contributed by atoms with van der Waals surface area (Å²) in [7, 11) is 0. The van der Waals surface area contributed by atoms with Crippen LogP contribution in [0, 0.1) is 5.92 Å². The zero-order chi connectivity index (χ0) is 19.3. The van der Waals surface area contributed by atoms with Crippen LogP contribution in [0.5, 0.6) is 0 Å². The van der Waals surface area contributed by atoms with Crippen LogP contribution in [0.4, 0.5) is 0 Å². The maximum absolute atomic E-state index is 12.9. The number of primary amides is 1. The average Bonchev–Trinajstić information content (AvgIpc) is 2.66. The number of β-amino-alcohol motifs (C(OH)–C–C–N with tert-alkyl or cyclic N) is 1. The first-order chi connectivity index (χ1) is 13.0. The predicted octanol–water partition coefficient (Wildman–Crippen LogP) is 1.17. The lowest BCUT2D eigenvalue weighted by molar-refractivity contribution is -0.160. The summed E-state index contributed by atoms with van der Waals surface area (Å²) in [5.74, 6) is -0.460. The molecule has 3 rings (SSSR count). The van der Waals surface area contributed by atoms with Crippen molar-refractivity contribution in [2.75, 3.05) is 32.7 Å². The predicted molar refractivity (Wildman–Crippen MR) is 104 cm³/mol. The smallest absolute Gasteiger partial charge is 0.255 e. The molecular weight excluding hydrogens is 342 g/mol. The van der Waals surface area contributed by atoms with Crippen LogP contribution in [0.1, 0.15) is 37.7 Å². The highest BCUT2D eigenvalue weighted by Gasteiger charge is 2.43. The van der Waals surface area contributed by atoms with E-state index in [9.17, 15) is 14.7 Å². The minimum absolute atomic E-state index is 0.0764. The largest absolute Gasteiger partial charge is 0.379 e. The number of carbonyl (C=O) groups excluding carboxylic acids is 2. The van der Waals surface area contributed by atoms with Crippen LogP contribution < -0.4 is 5.73 Å². The number of nitrogens with two attached hydrogens (primary N) is 1. The monoisotopic (exact) mass is 373 g/mol. The van der Waals surface area contributed by atoms with Gasteiger partial charge in [-0.25, -0.2) is 0 Å². The molecule has 148 valence electrons. The second-order valence-corrected chi connectivity index (χ2v) is 7.97. The van der Waals surface area contributed by atoms with Gasteiger partial charge in [0.05, 0.1) is 0 Å². The Morgan fingerprint density at radius 1 is 1.19 bits per heavy atom. The summed E-state index contributed by atoms with van der Waals surface area (Å²) in [6.45, 7) is 3.17. The van der Waals surface area contributed by atoms with Crippen LogP contribution in [0.25, 0.3) is 0 Å². The van der Waals surface area contributed by atoms with E-state index < -0.39 is 5.60 Å². The van der Waals surface area contributed by atoms with Gasteiger partial charge in [-0.3, -0.25) is 14.5 Å². The molecule has 6 nitrogen and oxygen atoms in total. The molecule has 0 radical (unpaired) electrons. The molecule has 2 amide bonds. The summed E-state index contributed by atoms with van der Waals surface area (Å²) >= 11 is 0. The first kappa shape index (κ1) is 19.8. The van der Waals surface area contributed by atoms with Crippen molar-refractivity contribution in [3.8, 4) is 0 Å². The molecule has 27 heavy (non-hydrogen) atoms. The molecule has 0 unspecified atom stereocenters. The van der Waals surface area contributed by atoms with E-state index in [1.807, 2.05) is 23.1 Å². The number of benzene rings is 1. The summed E-state index contributed by atoms with van der Waals surface area (Å²) in [5, 5.41) is 11.0. The molecule has 1 atom stereocenters. The van der Waals surface area contributed by atoms with Crippen molar-refractivity contribution in [2.24, 2.45) is 11.7 Å². The van der Waals surface area contributed by atoms with E-state index in [0.717, 1.165) is 25.8 Å². The highest BCUT2D eigenvalue weighted by Crippen LogP contribution is 2.26. The summed E-state index contributed by atoms with van der Waals surface area (Å²) in [6, 6.07) is 10.3. The topological polar surface area (TPSA) is 86.9 Å². The van der Waals surface area contributed by atoms with Crippen LogP contribution in [0.2, 0.25) is 0 Å². The van der Waals surface area contributed by atoms with Gasteiger partial charge in [-0.2, -0.15) is 0 Å². The lowest BCUT2D eigenvalue weighted by atomic mass is 9.89. The molecule has 2 aliphatic heterocycles. The Kier molecular flexibility index (Phi) is 6.50. The molecule has 0 spiro atoms. The van der Waals surface area contributed by atoms with Gasteiger partial charge in [-0.05, 0) is 57.2 Å². The molecule has 0 aliphatic carbocycles. The van der Waals surface area contributed by atoms with E-state index >= 15 is 0 Å². The van der Waals surface area contributed by atoms with Crippen LogP contribution in [0.15, 0.2) is 30.3 Å². The molecule has 2 saturated heterocycles. The molecule has 2 aliphatic rings. The first-order valence-electron chi connectivity index (χ1n) is 10.1. The number of aryl methyl sites for hydroxylation is 1. The minimum atomic E-state index is -1.30. The van der Waals surface area contributed by atoms with Gasteiger partial charge in [0.2, 0.25) is 5.91 Å². The second-order valence-electron chi connectivity index (χ2n) is 7.97. The van der Waals surface area contributed by atoms with Crippen molar-refractivity contribution in [2.45, 2.75) is 44.1 Å². The molecular formula is C21H31N3O3. The van der Waals surface area contributed by atoms with Crippen LogP contribution in [-0.4, -0.2) is 65.0 Å². The number of amides is 2. The van der Waals surface area contributed by atoms with Crippen LogP contribution in [-0.2, 0) is 16.0 Å². The Morgan fingerprint density at radius 3 is 2.56 bits per heavy atom. The third kappa shape index (κ3) is 5.08. The van der Waals surface area contributed by atoms with Gasteiger partial charge in [0.15, 0.2) is 5.60 Å². The summed E-state index contributed by atoms with van der Waals surface area (Å²) in [6.07, 6.45) is 4.59. The third-order valence-corrected chi connectivity index (χ3v) is 5.92. The number of rotatable bonds is 7. The standard InChI is InChI=1S/C21H31N3O3/c22-19(25)18-9-14-23(15-10-18)16-21(27)11-5-13-24(20(21)26)12-4-8-17-6-2-1-3-7-17/h1-3,6-7,18,27H,4-5,8-16H2,(H2,22,25)/t21-/m0/s1. The third-order valence-electron chi connectivity index (χ3n) is 5.92. The average molecular weight is 373 g/mol. The van der Waals surface area contributed by atoms with Gasteiger partial charge in [0.1, 0.15) is 0 Å². The Hall–Kier alpha value is -1.92. The molecule has 3 N–H and O–H groups in total. The molecule has 0 saturated carbocycles. The minimum Gasteiger partial charge on any atom is -0.379 e. The van der Waals surface area contributed by atoms with Gasteiger partial charge in [0.25, 0.3) is 5.91 Å². The van der Waals surface area contributed by atoms with E-state index in [1.54, 1.807) is 0 Å². The van der Waals surface area contributed by atoms with E-state index in [2.05, 4.69) is 17.0 Å².